The molecule has 1 aromatic rings. The molecule has 0 bridgehead atoms. The van der Waals surface area contributed by atoms with Crippen LogP contribution in [0.1, 0.15) is 42.6 Å². The molecular weight excluding hydrogens is 178 g/mol. The van der Waals surface area contributed by atoms with Crippen LogP contribution in [-0.2, 0) is 6.42 Å². The van der Waals surface area contributed by atoms with Gasteiger partial charge in [-0.2, -0.15) is 0 Å². The van der Waals surface area contributed by atoms with Crippen molar-refractivity contribution in [3.63, 3.8) is 0 Å². The molecule has 0 atom stereocenters. The van der Waals surface area contributed by atoms with Gasteiger partial charge in [0.2, 0.25) is 5.56 Å². The number of aryl methyl sites for hydroxylation is 1. The first-order valence-corrected chi connectivity index (χ1v) is 5.02. The number of carbonyl (C=O) groups is 1. The van der Waals surface area contributed by atoms with Gasteiger partial charge in [-0.25, -0.2) is 0 Å². The highest BCUT2D eigenvalue weighted by Gasteiger charge is 2.16. The maximum absolute atomic E-state index is 11.3. The van der Waals surface area contributed by atoms with Gasteiger partial charge in [0.05, 0.1) is 0 Å². The summed E-state index contributed by atoms with van der Waals surface area (Å²) >= 11 is 0. The van der Waals surface area contributed by atoms with Crippen LogP contribution in [0.5, 0.6) is 0 Å². The molecule has 0 spiro atoms. The molecule has 76 valence electrons. The molecular formula is C11H15NO2. The molecule has 0 aliphatic heterocycles. The van der Waals surface area contributed by atoms with E-state index in [2.05, 4.69) is 4.98 Å². The molecule has 0 fully saturated rings. The number of nitrogens with one attached hydrogen (secondary N) is 1. The third-order valence-corrected chi connectivity index (χ3v) is 2.16. The number of rotatable bonds is 0. The number of aromatic amines is 1. The molecule has 1 aromatic heterocycles. The standard InChI is InChI=1S/C9H9NO2.C2H6/c11-8-3-1-2-6-4-9(12)10-5-7(6)8;1-2/h4-5H,1-3H2,(H,10,12);1-2H3. The Labute approximate surface area is 83.2 Å². The smallest absolute Gasteiger partial charge is 0.248 e. The summed E-state index contributed by atoms with van der Waals surface area (Å²) in [5, 5.41) is 0. The zero-order valence-corrected chi connectivity index (χ0v) is 8.59. The van der Waals surface area contributed by atoms with E-state index in [4.69, 9.17) is 0 Å². The van der Waals surface area contributed by atoms with Gasteiger partial charge in [0.25, 0.3) is 0 Å². The Kier molecular flexibility index (Phi) is 3.63. The molecule has 0 saturated heterocycles. The molecule has 0 amide bonds. The minimum atomic E-state index is -0.122. The van der Waals surface area contributed by atoms with E-state index in [9.17, 15) is 9.59 Å². The molecule has 1 heterocycles. The topological polar surface area (TPSA) is 49.9 Å². The number of ketones is 1. The van der Waals surface area contributed by atoms with E-state index in [0.29, 0.717) is 12.0 Å². The number of Topliss-reactive ketones (excluding diaryl/α,β-unsaturated/α-hetero) is 1. The summed E-state index contributed by atoms with van der Waals surface area (Å²) in [6.45, 7) is 4.00. The fourth-order valence-electron chi connectivity index (χ4n) is 1.55. The number of hydrogen-bond donors (Lipinski definition) is 1. The molecule has 0 unspecified atom stereocenters. The van der Waals surface area contributed by atoms with E-state index in [1.165, 1.54) is 12.3 Å². The normalized spacial score (nSPS) is 14.0. The van der Waals surface area contributed by atoms with Crippen LogP contribution in [0.15, 0.2) is 17.1 Å². The fraction of sp³-hybridized carbons (Fsp3) is 0.455. The Morgan fingerprint density at radius 3 is 2.64 bits per heavy atom. The summed E-state index contributed by atoms with van der Waals surface area (Å²) in [5.74, 6) is 0.146. The number of H-pyrrole nitrogens is 1. The minimum Gasteiger partial charge on any atom is -0.328 e. The van der Waals surface area contributed by atoms with Crippen molar-refractivity contribution >= 4 is 5.78 Å². The Bertz CT molecular complexity index is 379. The zero-order chi connectivity index (χ0) is 10.6. The molecule has 0 aromatic carbocycles. The van der Waals surface area contributed by atoms with Gasteiger partial charge in [-0.3, -0.25) is 9.59 Å². The first kappa shape index (κ1) is 10.7. The van der Waals surface area contributed by atoms with Crippen LogP contribution in [0.2, 0.25) is 0 Å². The summed E-state index contributed by atoms with van der Waals surface area (Å²) in [5.41, 5.74) is 1.47. The fourth-order valence-corrected chi connectivity index (χ4v) is 1.55. The lowest BCUT2D eigenvalue weighted by atomic mass is 9.92. The molecule has 1 N–H and O–H groups in total. The maximum Gasteiger partial charge on any atom is 0.248 e. The molecule has 1 aliphatic rings. The number of carbonyl (C=O) groups excluding carboxylic acids is 1. The monoisotopic (exact) mass is 193 g/mol. The Morgan fingerprint density at radius 2 is 1.93 bits per heavy atom. The van der Waals surface area contributed by atoms with E-state index in [1.54, 1.807) is 0 Å². The Balaban J connectivity index is 0.000000461. The highest BCUT2D eigenvalue weighted by atomic mass is 16.1. The average molecular weight is 193 g/mol. The molecule has 1 aliphatic carbocycles. The first-order valence-electron chi connectivity index (χ1n) is 5.02. The molecule has 2 rings (SSSR count). The lowest BCUT2D eigenvalue weighted by molar-refractivity contribution is 0.0972. The lowest BCUT2D eigenvalue weighted by Crippen LogP contribution is -2.16. The first-order chi connectivity index (χ1) is 6.77. The number of aromatic nitrogens is 1. The summed E-state index contributed by atoms with van der Waals surface area (Å²) in [4.78, 5) is 24.7. The van der Waals surface area contributed by atoms with Crippen LogP contribution >= 0.6 is 0 Å². The van der Waals surface area contributed by atoms with Gasteiger partial charge in [0, 0.05) is 24.2 Å². The van der Waals surface area contributed by atoms with Gasteiger partial charge in [-0.15, -0.1) is 0 Å². The van der Waals surface area contributed by atoms with Gasteiger partial charge in [0.15, 0.2) is 5.78 Å². The second kappa shape index (κ2) is 4.74. The van der Waals surface area contributed by atoms with Crippen LogP contribution in [-0.4, -0.2) is 10.8 Å². The van der Waals surface area contributed by atoms with Crippen molar-refractivity contribution in [3.8, 4) is 0 Å². The Morgan fingerprint density at radius 1 is 1.21 bits per heavy atom. The van der Waals surface area contributed by atoms with Gasteiger partial charge >= 0.3 is 0 Å². The quantitative estimate of drug-likeness (QED) is 0.684. The van der Waals surface area contributed by atoms with Crippen molar-refractivity contribution < 1.29 is 4.79 Å². The summed E-state index contributed by atoms with van der Waals surface area (Å²) in [6.07, 6.45) is 3.86. The number of fused-ring (bicyclic) bond motifs is 1. The summed E-state index contributed by atoms with van der Waals surface area (Å²) in [7, 11) is 0. The lowest BCUT2D eigenvalue weighted by Gasteiger charge is -2.12. The second-order valence-corrected chi connectivity index (χ2v) is 3.01. The summed E-state index contributed by atoms with van der Waals surface area (Å²) in [6, 6.07) is 1.52. The van der Waals surface area contributed by atoms with Crippen LogP contribution < -0.4 is 5.56 Å². The van der Waals surface area contributed by atoms with Crippen LogP contribution in [0.4, 0.5) is 0 Å². The highest BCUT2D eigenvalue weighted by molar-refractivity contribution is 5.98. The molecule has 14 heavy (non-hydrogen) atoms. The molecule has 0 radical (unpaired) electrons. The minimum absolute atomic E-state index is 0.122. The van der Waals surface area contributed by atoms with E-state index in [0.717, 1.165) is 18.4 Å². The molecule has 3 heteroatoms. The molecule has 3 nitrogen and oxygen atoms in total. The van der Waals surface area contributed by atoms with E-state index >= 15 is 0 Å². The van der Waals surface area contributed by atoms with E-state index in [1.807, 2.05) is 13.8 Å². The predicted octanol–water partition coefficient (Wildman–Crippen LogP) is 1.92. The maximum atomic E-state index is 11.3. The third-order valence-electron chi connectivity index (χ3n) is 2.16. The van der Waals surface area contributed by atoms with Crippen molar-refractivity contribution in [2.45, 2.75) is 33.1 Å². The largest absolute Gasteiger partial charge is 0.328 e. The highest BCUT2D eigenvalue weighted by Crippen LogP contribution is 2.17. The van der Waals surface area contributed by atoms with Crippen molar-refractivity contribution in [1.29, 1.82) is 0 Å². The average Bonchev–Trinajstić information content (AvgIpc) is 2.21. The van der Waals surface area contributed by atoms with E-state index < -0.39 is 0 Å². The van der Waals surface area contributed by atoms with Gasteiger partial charge in [-0.05, 0) is 18.4 Å². The number of hydrogen-bond acceptors (Lipinski definition) is 2. The SMILES string of the molecule is CC.O=C1CCCc2cc(=O)[nH]cc21. The molecule has 0 saturated carbocycles. The van der Waals surface area contributed by atoms with Crippen LogP contribution in [0.3, 0.4) is 0 Å². The van der Waals surface area contributed by atoms with Crippen molar-refractivity contribution in [2.75, 3.05) is 0 Å². The van der Waals surface area contributed by atoms with Crippen molar-refractivity contribution in [2.24, 2.45) is 0 Å². The predicted molar refractivity (Wildman–Crippen MR) is 55.7 cm³/mol. The third kappa shape index (κ3) is 2.10. The second-order valence-electron chi connectivity index (χ2n) is 3.01. The van der Waals surface area contributed by atoms with Gasteiger partial charge in [-0.1, -0.05) is 13.8 Å². The van der Waals surface area contributed by atoms with Crippen LogP contribution in [0, 0.1) is 0 Å². The van der Waals surface area contributed by atoms with E-state index in [-0.39, 0.29) is 11.3 Å². The van der Waals surface area contributed by atoms with Crippen LogP contribution in [0.25, 0.3) is 0 Å². The van der Waals surface area contributed by atoms with Gasteiger partial charge < -0.3 is 4.98 Å². The zero-order valence-electron chi connectivity index (χ0n) is 8.59. The van der Waals surface area contributed by atoms with Crippen molar-refractivity contribution in [1.82, 2.24) is 4.98 Å². The Hall–Kier alpha value is -1.38. The van der Waals surface area contributed by atoms with Gasteiger partial charge in [0.1, 0.15) is 0 Å². The summed E-state index contributed by atoms with van der Waals surface area (Å²) < 4.78 is 0. The number of pyridine rings is 1. The van der Waals surface area contributed by atoms with Crippen molar-refractivity contribution in [3.05, 3.63) is 33.7 Å².